The van der Waals surface area contributed by atoms with Crippen LogP contribution in [0.25, 0.3) is 0 Å². The van der Waals surface area contributed by atoms with Crippen LogP contribution in [0.3, 0.4) is 0 Å². The van der Waals surface area contributed by atoms with Crippen molar-refractivity contribution in [2.75, 3.05) is 5.73 Å². The highest BCUT2D eigenvalue weighted by atomic mass is 35.5. The fourth-order valence-electron chi connectivity index (χ4n) is 1.64. The molecule has 0 amide bonds. The van der Waals surface area contributed by atoms with E-state index in [1.54, 1.807) is 24.4 Å². The van der Waals surface area contributed by atoms with E-state index < -0.39 is 0 Å². The van der Waals surface area contributed by atoms with Crippen LogP contribution in [0.5, 0.6) is 11.6 Å². The molecule has 0 unspecified atom stereocenters. The van der Waals surface area contributed by atoms with Crippen molar-refractivity contribution in [3.05, 3.63) is 46.0 Å². The van der Waals surface area contributed by atoms with Crippen molar-refractivity contribution >= 4 is 17.3 Å². The van der Waals surface area contributed by atoms with Crippen molar-refractivity contribution in [1.29, 1.82) is 0 Å². The van der Waals surface area contributed by atoms with Gasteiger partial charge in [0.15, 0.2) is 5.75 Å². The summed E-state index contributed by atoms with van der Waals surface area (Å²) < 4.78 is 6.99. The monoisotopic (exact) mass is 279 g/mol. The molecule has 19 heavy (non-hydrogen) atoms. The molecule has 2 rings (SSSR count). The minimum absolute atomic E-state index is 0.0317. The summed E-state index contributed by atoms with van der Waals surface area (Å²) in [6.45, 7) is 2.59. The number of nitrogens with zero attached hydrogens (tertiary/aromatic N) is 2. The second kappa shape index (κ2) is 5.75. The Morgan fingerprint density at radius 1 is 1.47 bits per heavy atom. The third-order valence-electron chi connectivity index (χ3n) is 2.54. The lowest BCUT2D eigenvalue weighted by atomic mass is 10.3. The number of nitrogen functional groups attached to an aromatic ring is 1. The standard InChI is InChI=1S/C13H14ClN3O2/c1-2-7-17-8-6-16-12(13(17)18)19-11-9(14)4-3-5-10(11)15/h3-6,8H,2,7,15H2,1H3. The van der Waals surface area contributed by atoms with Crippen molar-refractivity contribution in [3.8, 4) is 11.6 Å². The Balaban J connectivity index is 2.39. The first-order valence-corrected chi connectivity index (χ1v) is 6.28. The molecule has 1 aromatic carbocycles. The number of rotatable bonds is 4. The molecule has 0 fully saturated rings. The first-order valence-electron chi connectivity index (χ1n) is 5.90. The molecule has 1 heterocycles. The third-order valence-corrected chi connectivity index (χ3v) is 2.84. The maximum absolute atomic E-state index is 12.1. The van der Waals surface area contributed by atoms with E-state index in [1.165, 1.54) is 10.8 Å². The molecule has 0 aliphatic carbocycles. The first-order chi connectivity index (χ1) is 9.13. The van der Waals surface area contributed by atoms with E-state index in [9.17, 15) is 4.79 Å². The SMILES string of the molecule is CCCn1ccnc(Oc2c(N)cccc2Cl)c1=O. The van der Waals surface area contributed by atoms with Gasteiger partial charge in [0.1, 0.15) is 0 Å². The number of aromatic nitrogens is 2. The van der Waals surface area contributed by atoms with Gasteiger partial charge in [-0.25, -0.2) is 4.98 Å². The minimum Gasteiger partial charge on any atom is -0.431 e. The lowest BCUT2D eigenvalue weighted by Gasteiger charge is -2.10. The number of halogens is 1. The van der Waals surface area contributed by atoms with Gasteiger partial charge in [0.25, 0.3) is 5.88 Å². The summed E-state index contributed by atoms with van der Waals surface area (Å²) in [4.78, 5) is 16.0. The van der Waals surface area contributed by atoms with Gasteiger partial charge < -0.3 is 15.0 Å². The molecule has 0 saturated heterocycles. The van der Waals surface area contributed by atoms with E-state index >= 15 is 0 Å². The van der Waals surface area contributed by atoms with Gasteiger partial charge in [-0.05, 0) is 18.6 Å². The second-order valence-electron chi connectivity index (χ2n) is 3.99. The van der Waals surface area contributed by atoms with Crippen LogP contribution in [-0.4, -0.2) is 9.55 Å². The smallest absolute Gasteiger partial charge is 0.313 e. The Labute approximate surface area is 115 Å². The molecular weight excluding hydrogens is 266 g/mol. The van der Waals surface area contributed by atoms with Crippen molar-refractivity contribution in [2.24, 2.45) is 0 Å². The Bertz CT molecular complexity index is 620. The van der Waals surface area contributed by atoms with Crippen LogP contribution >= 0.6 is 11.6 Å². The fourth-order valence-corrected chi connectivity index (χ4v) is 1.86. The van der Waals surface area contributed by atoms with Gasteiger partial charge in [-0.3, -0.25) is 4.79 Å². The molecule has 0 aliphatic rings. The van der Waals surface area contributed by atoms with E-state index in [4.69, 9.17) is 22.1 Å². The van der Waals surface area contributed by atoms with Crippen LogP contribution in [-0.2, 0) is 6.54 Å². The van der Waals surface area contributed by atoms with Crippen LogP contribution in [0.4, 0.5) is 5.69 Å². The molecular formula is C13H14ClN3O2. The Kier molecular flexibility index (Phi) is 4.06. The van der Waals surface area contributed by atoms with E-state index in [2.05, 4.69) is 4.98 Å². The second-order valence-corrected chi connectivity index (χ2v) is 4.40. The maximum atomic E-state index is 12.1. The molecule has 0 atom stereocenters. The average molecular weight is 280 g/mol. The van der Waals surface area contributed by atoms with Crippen molar-refractivity contribution in [3.63, 3.8) is 0 Å². The molecule has 2 aromatic rings. The number of hydrogen-bond acceptors (Lipinski definition) is 4. The number of ether oxygens (including phenoxy) is 1. The summed E-state index contributed by atoms with van der Waals surface area (Å²) >= 11 is 5.99. The van der Waals surface area contributed by atoms with E-state index in [0.29, 0.717) is 17.3 Å². The molecule has 0 radical (unpaired) electrons. The Morgan fingerprint density at radius 3 is 2.95 bits per heavy atom. The average Bonchev–Trinajstić information content (AvgIpc) is 2.38. The molecule has 0 spiro atoms. The molecule has 6 heteroatoms. The Hall–Kier alpha value is -2.01. The van der Waals surface area contributed by atoms with E-state index in [0.717, 1.165) is 6.42 Å². The zero-order valence-corrected chi connectivity index (χ0v) is 11.2. The largest absolute Gasteiger partial charge is 0.431 e. The first kappa shape index (κ1) is 13.4. The van der Waals surface area contributed by atoms with Gasteiger partial charge in [0, 0.05) is 18.9 Å². The zero-order valence-electron chi connectivity index (χ0n) is 10.5. The van der Waals surface area contributed by atoms with Crippen LogP contribution < -0.4 is 16.0 Å². The van der Waals surface area contributed by atoms with Crippen molar-refractivity contribution in [1.82, 2.24) is 9.55 Å². The lowest BCUT2D eigenvalue weighted by Crippen LogP contribution is -2.21. The topological polar surface area (TPSA) is 70.1 Å². The number of anilines is 1. The van der Waals surface area contributed by atoms with Crippen molar-refractivity contribution < 1.29 is 4.74 Å². The number of hydrogen-bond donors (Lipinski definition) is 1. The Morgan fingerprint density at radius 2 is 2.26 bits per heavy atom. The molecule has 0 saturated carbocycles. The molecule has 2 N–H and O–H groups in total. The van der Waals surface area contributed by atoms with E-state index in [1.807, 2.05) is 6.92 Å². The lowest BCUT2D eigenvalue weighted by molar-refractivity contribution is 0.445. The quantitative estimate of drug-likeness (QED) is 0.874. The predicted molar refractivity (Wildman–Crippen MR) is 74.7 cm³/mol. The van der Waals surface area contributed by atoms with Gasteiger partial charge in [0.2, 0.25) is 0 Å². The third kappa shape index (κ3) is 2.88. The highest BCUT2D eigenvalue weighted by Gasteiger charge is 2.12. The summed E-state index contributed by atoms with van der Waals surface area (Å²) in [5, 5.41) is 0.340. The summed E-state index contributed by atoms with van der Waals surface area (Å²) in [6.07, 6.45) is 3.98. The highest BCUT2D eigenvalue weighted by Crippen LogP contribution is 2.32. The fraction of sp³-hybridized carbons (Fsp3) is 0.231. The van der Waals surface area contributed by atoms with Gasteiger partial charge in [-0.2, -0.15) is 0 Å². The number of nitrogens with two attached hydrogens (primary N) is 1. The van der Waals surface area contributed by atoms with Gasteiger partial charge in [-0.1, -0.05) is 24.6 Å². The van der Waals surface area contributed by atoms with Crippen LogP contribution in [0.15, 0.2) is 35.4 Å². The van der Waals surface area contributed by atoms with Crippen LogP contribution in [0, 0.1) is 0 Å². The number of benzene rings is 1. The summed E-state index contributed by atoms with van der Waals surface area (Å²) in [6, 6.07) is 4.99. The molecule has 1 aromatic heterocycles. The molecule has 5 nitrogen and oxygen atoms in total. The van der Waals surface area contributed by atoms with Gasteiger partial charge >= 0.3 is 5.56 Å². The molecule has 0 bridgehead atoms. The van der Waals surface area contributed by atoms with Crippen molar-refractivity contribution in [2.45, 2.75) is 19.9 Å². The number of para-hydroxylation sites is 1. The van der Waals surface area contributed by atoms with E-state index in [-0.39, 0.29) is 17.2 Å². The molecule has 100 valence electrons. The summed E-state index contributed by atoms with van der Waals surface area (Å²) in [5.41, 5.74) is 5.83. The summed E-state index contributed by atoms with van der Waals surface area (Å²) in [5.74, 6) is 0.221. The molecule has 0 aliphatic heterocycles. The number of aryl methyl sites for hydroxylation is 1. The van der Waals surface area contributed by atoms with Gasteiger partial charge in [0.05, 0.1) is 10.7 Å². The summed E-state index contributed by atoms with van der Waals surface area (Å²) in [7, 11) is 0. The normalized spacial score (nSPS) is 10.4. The van der Waals surface area contributed by atoms with Gasteiger partial charge in [-0.15, -0.1) is 0 Å². The minimum atomic E-state index is -0.302. The highest BCUT2D eigenvalue weighted by molar-refractivity contribution is 6.32. The van der Waals surface area contributed by atoms with Crippen LogP contribution in [0.1, 0.15) is 13.3 Å². The maximum Gasteiger partial charge on any atom is 0.313 e. The predicted octanol–water partition coefficient (Wildman–Crippen LogP) is 2.68. The zero-order chi connectivity index (χ0) is 13.8. The van der Waals surface area contributed by atoms with Crippen LogP contribution in [0.2, 0.25) is 5.02 Å².